The van der Waals surface area contributed by atoms with E-state index in [1.165, 1.54) is 0 Å². The number of hydrogen-bond acceptors (Lipinski definition) is 4. The number of nitrogens with zero attached hydrogens (tertiary/aromatic N) is 2. The van der Waals surface area contributed by atoms with E-state index in [9.17, 15) is 4.79 Å². The summed E-state index contributed by atoms with van der Waals surface area (Å²) in [4.78, 5) is 19.3. The van der Waals surface area contributed by atoms with E-state index in [0.717, 1.165) is 16.3 Å². The van der Waals surface area contributed by atoms with Crippen LogP contribution < -0.4 is 0 Å². The molecule has 2 heterocycles. The molecule has 0 amide bonds. The molecule has 20 heavy (non-hydrogen) atoms. The van der Waals surface area contributed by atoms with Crippen molar-refractivity contribution in [2.45, 2.75) is 6.92 Å². The van der Waals surface area contributed by atoms with E-state index in [0.29, 0.717) is 23.5 Å². The van der Waals surface area contributed by atoms with Crippen LogP contribution in [0.3, 0.4) is 0 Å². The molecule has 0 unspecified atom stereocenters. The molecule has 0 radical (unpaired) electrons. The van der Waals surface area contributed by atoms with E-state index in [-0.39, 0.29) is 5.97 Å². The molecule has 5 nitrogen and oxygen atoms in total. The zero-order valence-corrected chi connectivity index (χ0v) is 10.8. The van der Waals surface area contributed by atoms with Gasteiger partial charge < -0.3 is 9.72 Å². The van der Waals surface area contributed by atoms with Crippen molar-refractivity contribution in [2.24, 2.45) is 0 Å². The number of nitriles is 1. The molecule has 3 aromatic rings. The van der Waals surface area contributed by atoms with Gasteiger partial charge in [0.15, 0.2) is 0 Å². The molecule has 1 N–H and O–H groups in total. The molecule has 0 saturated carbocycles. The van der Waals surface area contributed by atoms with Crippen LogP contribution >= 0.6 is 0 Å². The van der Waals surface area contributed by atoms with Gasteiger partial charge in [0.2, 0.25) is 0 Å². The van der Waals surface area contributed by atoms with E-state index in [2.05, 4.69) is 9.97 Å². The summed E-state index contributed by atoms with van der Waals surface area (Å²) in [5, 5.41) is 10.5. The highest BCUT2D eigenvalue weighted by molar-refractivity contribution is 6.15. The van der Waals surface area contributed by atoms with E-state index in [1.807, 2.05) is 12.1 Å². The first-order chi connectivity index (χ1) is 9.74. The molecule has 0 aliphatic rings. The van der Waals surface area contributed by atoms with Gasteiger partial charge in [0.1, 0.15) is 17.4 Å². The van der Waals surface area contributed by atoms with Gasteiger partial charge in [-0.3, -0.25) is 0 Å². The largest absolute Gasteiger partial charge is 0.462 e. The second kappa shape index (κ2) is 4.67. The second-order valence-electron chi connectivity index (χ2n) is 4.28. The minimum Gasteiger partial charge on any atom is -0.462 e. The zero-order chi connectivity index (χ0) is 14.1. The number of H-pyrrole nitrogens is 1. The molecule has 0 bridgehead atoms. The molecule has 98 valence electrons. The summed E-state index contributed by atoms with van der Waals surface area (Å²) in [5.74, 6) is -0.358. The van der Waals surface area contributed by atoms with Gasteiger partial charge >= 0.3 is 5.97 Å². The normalized spacial score (nSPS) is 10.6. The number of carbonyl (C=O) groups is 1. The molecule has 0 aliphatic heterocycles. The molecular weight excluding hydrogens is 254 g/mol. The number of esters is 1. The third-order valence-electron chi connectivity index (χ3n) is 3.09. The molecule has 0 fully saturated rings. The monoisotopic (exact) mass is 265 g/mol. The number of ether oxygens (including phenoxy) is 1. The first-order valence-electron chi connectivity index (χ1n) is 6.23. The first kappa shape index (κ1) is 12.2. The highest BCUT2D eigenvalue weighted by Crippen LogP contribution is 2.28. The average molecular weight is 265 g/mol. The number of aromatic amines is 1. The van der Waals surface area contributed by atoms with Gasteiger partial charge in [-0.2, -0.15) is 5.26 Å². The van der Waals surface area contributed by atoms with Crippen molar-refractivity contribution in [3.8, 4) is 6.07 Å². The summed E-state index contributed by atoms with van der Waals surface area (Å²) in [6, 6.07) is 10.8. The van der Waals surface area contributed by atoms with E-state index >= 15 is 0 Å². The molecule has 3 rings (SSSR count). The third-order valence-corrected chi connectivity index (χ3v) is 3.09. The van der Waals surface area contributed by atoms with Crippen LogP contribution in [0.2, 0.25) is 0 Å². The number of carbonyl (C=O) groups excluding carboxylic acids is 1. The fraction of sp³-hybridized carbons (Fsp3) is 0.133. The SMILES string of the molecule is CCOC(=O)c1cccc2[nH]c3nc(C#N)ccc3c12. The Labute approximate surface area is 114 Å². The van der Waals surface area contributed by atoms with Crippen LogP contribution in [0.1, 0.15) is 23.0 Å². The fourth-order valence-corrected chi connectivity index (χ4v) is 2.27. The zero-order valence-electron chi connectivity index (χ0n) is 10.8. The number of fused-ring (bicyclic) bond motifs is 3. The van der Waals surface area contributed by atoms with Crippen molar-refractivity contribution < 1.29 is 9.53 Å². The molecule has 0 saturated heterocycles. The van der Waals surface area contributed by atoms with Gasteiger partial charge in [0.05, 0.1) is 12.2 Å². The smallest absolute Gasteiger partial charge is 0.338 e. The van der Waals surface area contributed by atoms with E-state index in [1.54, 1.807) is 31.2 Å². The summed E-state index contributed by atoms with van der Waals surface area (Å²) >= 11 is 0. The molecule has 0 atom stereocenters. The molecular formula is C15H11N3O2. The topological polar surface area (TPSA) is 78.8 Å². The quantitative estimate of drug-likeness (QED) is 0.722. The lowest BCUT2D eigenvalue weighted by Gasteiger charge is -2.03. The fourth-order valence-electron chi connectivity index (χ4n) is 2.27. The lowest BCUT2D eigenvalue weighted by molar-refractivity contribution is 0.0529. The van der Waals surface area contributed by atoms with Crippen molar-refractivity contribution in [1.29, 1.82) is 5.26 Å². The van der Waals surface area contributed by atoms with Gasteiger partial charge in [-0.25, -0.2) is 9.78 Å². The van der Waals surface area contributed by atoms with Crippen LogP contribution in [0.4, 0.5) is 0 Å². The Morgan fingerprint density at radius 3 is 3.00 bits per heavy atom. The van der Waals surface area contributed by atoms with Crippen LogP contribution in [0.25, 0.3) is 21.9 Å². The van der Waals surface area contributed by atoms with E-state index in [4.69, 9.17) is 10.00 Å². The Hall–Kier alpha value is -2.87. The predicted octanol–water partition coefficient (Wildman–Crippen LogP) is 2.76. The van der Waals surface area contributed by atoms with Crippen molar-refractivity contribution in [3.63, 3.8) is 0 Å². The van der Waals surface area contributed by atoms with Crippen LogP contribution in [0.5, 0.6) is 0 Å². The van der Waals surface area contributed by atoms with Crippen LogP contribution in [-0.2, 0) is 4.74 Å². The Bertz CT molecular complexity index is 859. The maximum Gasteiger partial charge on any atom is 0.338 e. The number of rotatable bonds is 2. The van der Waals surface area contributed by atoms with Crippen molar-refractivity contribution >= 4 is 27.9 Å². The van der Waals surface area contributed by atoms with Gasteiger partial charge in [0, 0.05) is 16.3 Å². The molecule has 0 aliphatic carbocycles. The average Bonchev–Trinajstić information content (AvgIpc) is 2.84. The highest BCUT2D eigenvalue weighted by atomic mass is 16.5. The van der Waals surface area contributed by atoms with E-state index < -0.39 is 0 Å². The Morgan fingerprint density at radius 1 is 1.40 bits per heavy atom. The minimum atomic E-state index is -0.358. The van der Waals surface area contributed by atoms with Crippen molar-refractivity contribution in [2.75, 3.05) is 6.61 Å². The predicted molar refractivity (Wildman–Crippen MR) is 74.3 cm³/mol. The Kier molecular flexibility index (Phi) is 2.84. The Balaban J connectivity index is 2.33. The standard InChI is InChI=1S/C15H11N3O2/c1-2-20-15(19)11-4-3-5-12-13(11)10-7-6-9(8-16)17-14(10)18-12/h3-7H,2H2,1H3,(H,17,18). The third kappa shape index (κ3) is 1.79. The number of nitrogens with one attached hydrogen (secondary N) is 1. The van der Waals surface area contributed by atoms with Crippen LogP contribution in [0.15, 0.2) is 30.3 Å². The molecule has 2 aromatic heterocycles. The number of aromatic nitrogens is 2. The number of benzene rings is 1. The summed E-state index contributed by atoms with van der Waals surface area (Å²) in [7, 11) is 0. The molecule has 1 aromatic carbocycles. The highest BCUT2D eigenvalue weighted by Gasteiger charge is 2.15. The summed E-state index contributed by atoms with van der Waals surface area (Å²) in [5.41, 5.74) is 2.23. The van der Waals surface area contributed by atoms with Crippen molar-refractivity contribution in [1.82, 2.24) is 9.97 Å². The van der Waals surface area contributed by atoms with Gasteiger partial charge in [-0.15, -0.1) is 0 Å². The lowest BCUT2D eigenvalue weighted by Crippen LogP contribution is -2.04. The maximum absolute atomic E-state index is 12.0. The second-order valence-corrected chi connectivity index (χ2v) is 4.28. The molecule has 5 heteroatoms. The van der Waals surface area contributed by atoms with Gasteiger partial charge in [0.25, 0.3) is 0 Å². The van der Waals surface area contributed by atoms with Gasteiger partial charge in [-0.1, -0.05) is 6.07 Å². The summed E-state index contributed by atoms with van der Waals surface area (Å²) in [6.07, 6.45) is 0. The summed E-state index contributed by atoms with van der Waals surface area (Å²) < 4.78 is 5.07. The van der Waals surface area contributed by atoms with Gasteiger partial charge in [-0.05, 0) is 31.2 Å². The Morgan fingerprint density at radius 2 is 2.25 bits per heavy atom. The maximum atomic E-state index is 12.0. The number of pyridine rings is 1. The van der Waals surface area contributed by atoms with Crippen molar-refractivity contribution in [3.05, 3.63) is 41.6 Å². The molecule has 0 spiro atoms. The first-order valence-corrected chi connectivity index (χ1v) is 6.23. The lowest BCUT2D eigenvalue weighted by atomic mass is 10.1. The minimum absolute atomic E-state index is 0.328. The van der Waals surface area contributed by atoms with Crippen LogP contribution in [0, 0.1) is 11.3 Å². The van der Waals surface area contributed by atoms with Crippen LogP contribution in [-0.4, -0.2) is 22.5 Å². The number of hydrogen-bond donors (Lipinski definition) is 1. The summed E-state index contributed by atoms with van der Waals surface area (Å²) in [6.45, 7) is 2.10.